The molecule has 5 nitrogen and oxygen atoms in total. The van der Waals surface area contributed by atoms with Crippen LogP contribution >= 0.6 is 11.6 Å². The molecule has 0 bridgehead atoms. The number of halogens is 1. The molecule has 26 heavy (non-hydrogen) atoms. The Morgan fingerprint density at radius 1 is 1.23 bits per heavy atom. The van der Waals surface area contributed by atoms with E-state index in [2.05, 4.69) is 5.32 Å². The van der Waals surface area contributed by atoms with Gasteiger partial charge in [-0.25, -0.2) is 0 Å². The van der Waals surface area contributed by atoms with Crippen LogP contribution in [0.1, 0.15) is 37.9 Å². The average molecular weight is 373 g/mol. The zero-order valence-corrected chi connectivity index (χ0v) is 15.7. The van der Waals surface area contributed by atoms with E-state index in [0.717, 1.165) is 22.6 Å². The van der Waals surface area contributed by atoms with Crippen LogP contribution in [0.4, 0.5) is 5.69 Å². The van der Waals surface area contributed by atoms with Gasteiger partial charge in [0.05, 0.1) is 12.6 Å². The molecule has 0 aromatic heterocycles. The molecule has 6 heteroatoms. The van der Waals surface area contributed by atoms with Crippen molar-refractivity contribution in [1.29, 1.82) is 0 Å². The molecular weight excluding hydrogens is 352 g/mol. The maximum atomic E-state index is 12.9. The van der Waals surface area contributed by atoms with Gasteiger partial charge < -0.3 is 15.0 Å². The van der Waals surface area contributed by atoms with Crippen LogP contribution in [0.15, 0.2) is 42.5 Å². The summed E-state index contributed by atoms with van der Waals surface area (Å²) in [6.07, 6.45) is 0.107. The third-order valence-corrected chi connectivity index (χ3v) is 4.32. The fraction of sp³-hybridized carbons (Fsp3) is 0.300. The minimum absolute atomic E-state index is 0.107. The molecule has 2 aromatic rings. The maximum Gasteiger partial charge on any atom is 0.254 e. The summed E-state index contributed by atoms with van der Waals surface area (Å²) in [5.74, 6) is 0.367. The molecule has 1 unspecified atom stereocenters. The summed E-state index contributed by atoms with van der Waals surface area (Å²) in [5, 5.41) is 3.24. The monoisotopic (exact) mass is 372 g/mol. The molecule has 1 aliphatic heterocycles. The SMILES string of the molecule is CC(=O)NC1C(=O)N(Cc2ccc(OC(C)C)cc2)c2ccc(Cl)cc21. The van der Waals surface area contributed by atoms with E-state index >= 15 is 0 Å². The van der Waals surface area contributed by atoms with Crippen LogP contribution in [-0.4, -0.2) is 17.9 Å². The number of nitrogens with one attached hydrogen (secondary N) is 1. The highest BCUT2D eigenvalue weighted by Crippen LogP contribution is 2.38. The molecule has 2 aromatic carbocycles. The number of carbonyl (C=O) groups excluding carboxylic acids is 2. The van der Waals surface area contributed by atoms with Crippen molar-refractivity contribution in [2.45, 2.75) is 39.5 Å². The van der Waals surface area contributed by atoms with Crippen molar-refractivity contribution in [3.8, 4) is 5.75 Å². The maximum absolute atomic E-state index is 12.9. The smallest absolute Gasteiger partial charge is 0.254 e. The van der Waals surface area contributed by atoms with Crippen LogP contribution in [-0.2, 0) is 16.1 Å². The van der Waals surface area contributed by atoms with Crippen LogP contribution in [0.25, 0.3) is 0 Å². The molecule has 1 heterocycles. The van der Waals surface area contributed by atoms with Gasteiger partial charge in [-0.2, -0.15) is 0 Å². The van der Waals surface area contributed by atoms with Gasteiger partial charge in [-0.3, -0.25) is 9.59 Å². The van der Waals surface area contributed by atoms with E-state index < -0.39 is 6.04 Å². The van der Waals surface area contributed by atoms with Crippen molar-refractivity contribution in [3.63, 3.8) is 0 Å². The number of anilines is 1. The molecule has 0 radical (unpaired) electrons. The Kier molecular flexibility index (Phi) is 5.18. The van der Waals surface area contributed by atoms with E-state index in [1.165, 1.54) is 6.92 Å². The molecule has 0 spiro atoms. The lowest BCUT2D eigenvalue weighted by Gasteiger charge is -2.19. The summed E-state index contributed by atoms with van der Waals surface area (Å²) < 4.78 is 5.65. The quantitative estimate of drug-likeness (QED) is 0.867. The van der Waals surface area contributed by atoms with E-state index in [0.29, 0.717) is 11.6 Å². The number of hydrogen-bond donors (Lipinski definition) is 1. The molecule has 2 amide bonds. The summed E-state index contributed by atoms with van der Waals surface area (Å²) >= 11 is 6.08. The number of fused-ring (bicyclic) bond motifs is 1. The van der Waals surface area contributed by atoms with Crippen LogP contribution < -0.4 is 15.0 Å². The fourth-order valence-electron chi connectivity index (χ4n) is 3.04. The second-order valence-electron chi connectivity index (χ2n) is 6.57. The van der Waals surface area contributed by atoms with Crippen LogP contribution in [0, 0.1) is 0 Å². The van der Waals surface area contributed by atoms with Crippen molar-refractivity contribution in [3.05, 3.63) is 58.6 Å². The van der Waals surface area contributed by atoms with E-state index in [9.17, 15) is 9.59 Å². The minimum atomic E-state index is -0.704. The number of ether oxygens (including phenoxy) is 1. The third kappa shape index (κ3) is 3.83. The van der Waals surface area contributed by atoms with Crippen LogP contribution in [0.2, 0.25) is 5.02 Å². The fourth-order valence-corrected chi connectivity index (χ4v) is 3.22. The van der Waals surface area contributed by atoms with Gasteiger partial charge in [0, 0.05) is 23.2 Å². The van der Waals surface area contributed by atoms with Crippen molar-refractivity contribution in [1.82, 2.24) is 5.32 Å². The summed E-state index contributed by atoms with van der Waals surface area (Å²) in [5.41, 5.74) is 2.46. The van der Waals surface area contributed by atoms with Gasteiger partial charge >= 0.3 is 0 Å². The number of rotatable bonds is 5. The third-order valence-electron chi connectivity index (χ3n) is 4.09. The standard InChI is InChI=1S/C20H21ClN2O3/c1-12(2)26-16-7-4-14(5-8-16)11-23-18-9-6-15(21)10-17(18)19(20(23)25)22-13(3)24/h4-10,12,19H,11H2,1-3H3,(H,22,24). The molecule has 0 saturated heterocycles. The Balaban J connectivity index is 1.86. The van der Waals surface area contributed by atoms with Gasteiger partial charge in [-0.1, -0.05) is 23.7 Å². The van der Waals surface area contributed by atoms with Crippen molar-refractivity contribution in [2.24, 2.45) is 0 Å². The molecule has 0 fully saturated rings. The second kappa shape index (κ2) is 7.38. The average Bonchev–Trinajstić information content (AvgIpc) is 2.81. The zero-order valence-electron chi connectivity index (χ0n) is 15.0. The predicted octanol–water partition coefficient (Wildman–Crippen LogP) is 3.85. The Bertz CT molecular complexity index is 833. The van der Waals surface area contributed by atoms with E-state index in [4.69, 9.17) is 16.3 Å². The Morgan fingerprint density at radius 2 is 1.92 bits per heavy atom. The molecule has 1 atom stereocenters. The molecule has 1 N–H and O–H groups in total. The molecule has 0 aliphatic carbocycles. The highest BCUT2D eigenvalue weighted by molar-refractivity contribution is 6.31. The van der Waals surface area contributed by atoms with Gasteiger partial charge in [-0.05, 0) is 49.7 Å². The lowest BCUT2D eigenvalue weighted by atomic mass is 10.1. The van der Waals surface area contributed by atoms with Gasteiger partial charge in [-0.15, -0.1) is 0 Å². The Morgan fingerprint density at radius 3 is 2.54 bits per heavy atom. The first-order chi connectivity index (χ1) is 12.3. The molecular formula is C20H21ClN2O3. The highest BCUT2D eigenvalue weighted by Gasteiger charge is 2.37. The van der Waals surface area contributed by atoms with Gasteiger partial charge in [0.1, 0.15) is 11.8 Å². The van der Waals surface area contributed by atoms with Crippen molar-refractivity contribution in [2.75, 3.05) is 4.90 Å². The molecule has 3 rings (SSSR count). The molecule has 0 saturated carbocycles. The van der Waals surface area contributed by atoms with E-state index in [-0.39, 0.29) is 17.9 Å². The number of hydrogen-bond acceptors (Lipinski definition) is 3. The van der Waals surface area contributed by atoms with Gasteiger partial charge in [0.15, 0.2) is 0 Å². The first kappa shape index (κ1) is 18.3. The highest BCUT2D eigenvalue weighted by atomic mass is 35.5. The van der Waals surface area contributed by atoms with E-state index in [1.807, 2.05) is 44.2 Å². The lowest BCUT2D eigenvalue weighted by Crippen LogP contribution is -2.36. The molecule has 136 valence electrons. The second-order valence-corrected chi connectivity index (χ2v) is 7.01. The Labute approximate surface area is 157 Å². The summed E-state index contributed by atoms with van der Waals surface area (Å²) in [4.78, 5) is 26.0. The number of benzene rings is 2. The van der Waals surface area contributed by atoms with Crippen LogP contribution in [0.3, 0.4) is 0 Å². The number of amides is 2. The number of nitrogens with zero attached hydrogens (tertiary/aromatic N) is 1. The van der Waals surface area contributed by atoms with Gasteiger partial charge in [0.2, 0.25) is 5.91 Å². The van der Waals surface area contributed by atoms with Crippen LogP contribution in [0.5, 0.6) is 5.75 Å². The lowest BCUT2D eigenvalue weighted by molar-refractivity contribution is -0.126. The zero-order chi connectivity index (χ0) is 18.8. The Hall–Kier alpha value is -2.53. The minimum Gasteiger partial charge on any atom is -0.491 e. The summed E-state index contributed by atoms with van der Waals surface area (Å²) in [6.45, 7) is 5.75. The summed E-state index contributed by atoms with van der Waals surface area (Å²) in [6, 6.07) is 12.2. The van der Waals surface area contributed by atoms with Crippen molar-refractivity contribution >= 4 is 29.1 Å². The molecule has 1 aliphatic rings. The predicted molar refractivity (Wildman–Crippen MR) is 101 cm³/mol. The first-order valence-electron chi connectivity index (χ1n) is 8.48. The topological polar surface area (TPSA) is 58.6 Å². The van der Waals surface area contributed by atoms with E-state index in [1.54, 1.807) is 17.0 Å². The largest absolute Gasteiger partial charge is 0.491 e. The number of carbonyl (C=O) groups is 2. The first-order valence-corrected chi connectivity index (χ1v) is 8.86. The normalized spacial score (nSPS) is 16.0. The van der Waals surface area contributed by atoms with Gasteiger partial charge in [0.25, 0.3) is 5.91 Å². The van der Waals surface area contributed by atoms with Crippen molar-refractivity contribution < 1.29 is 14.3 Å². The summed E-state index contributed by atoms with van der Waals surface area (Å²) in [7, 11) is 0.